The second kappa shape index (κ2) is 8.37. The highest BCUT2D eigenvalue weighted by molar-refractivity contribution is 5.95. The van der Waals surface area contributed by atoms with E-state index in [4.69, 9.17) is 10.5 Å². The molecule has 6 heteroatoms. The van der Waals surface area contributed by atoms with Gasteiger partial charge in [0.1, 0.15) is 5.75 Å². The zero-order valence-corrected chi connectivity index (χ0v) is 15.3. The summed E-state index contributed by atoms with van der Waals surface area (Å²) in [4.78, 5) is 23.8. The summed E-state index contributed by atoms with van der Waals surface area (Å²) in [6.07, 6.45) is 0. The van der Waals surface area contributed by atoms with Crippen LogP contribution in [0.25, 0.3) is 11.1 Å². The molecule has 142 valence electrons. The normalized spacial score (nSPS) is 10.4. The predicted molar refractivity (Wildman–Crippen MR) is 105 cm³/mol. The van der Waals surface area contributed by atoms with Gasteiger partial charge in [-0.25, -0.2) is 5.06 Å². The maximum Gasteiger partial charge on any atom is 0.277 e. The van der Waals surface area contributed by atoms with Gasteiger partial charge in [0.25, 0.3) is 5.91 Å². The lowest BCUT2D eigenvalue weighted by Crippen LogP contribution is -2.26. The van der Waals surface area contributed by atoms with Crippen molar-refractivity contribution in [3.05, 3.63) is 89.5 Å². The largest absolute Gasteiger partial charge is 0.497 e. The van der Waals surface area contributed by atoms with Crippen molar-refractivity contribution in [3.63, 3.8) is 0 Å². The fourth-order valence-corrected chi connectivity index (χ4v) is 2.82. The Kier molecular flexibility index (Phi) is 5.72. The van der Waals surface area contributed by atoms with Crippen molar-refractivity contribution in [3.8, 4) is 16.9 Å². The molecule has 0 aliphatic rings. The van der Waals surface area contributed by atoms with Crippen LogP contribution in [0.5, 0.6) is 5.75 Å². The highest BCUT2D eigenvalue weighted by Gasteiger charge is 2.15. The van der Waals surface area contributed by atoms with Crippen molar-refractivity contribution in [1.29, 1.82) is 0 Å². The maximum atomic E-state index is 12.6. The van der Waals surface area contributed by atoms with Gasteiger partial charge in [-0.05, 0) is 53.1 Å². The van der Waals surface area contributed by atoms with Crippen LogP contribution in [0, 0.1) is 0 Å². The monoisotopic (exact) mass is 376 g/mol. The maximum absolute atomic E-state index is 12.6. The van der Waals surface area contributed by atoms with Crippen molar-refractivity contribution < 1.29 is 19.5 Å². The summed E-state index contributed by atoms with van der Waals surface area (Å²) < 4.78 is 5.16. The van der Waals surface area contributed by atoms with Crippen molar-refractivity contribution in [2.45, 2.75) is 6.54 Å². The molecular formula is C22H20N2O4. The van der Waals surface area contributed by atoms with Gasteiger partial charge in [0, 0.05) is 11.1 Å². The first kappa shape index (κ1) is 19.1. The number of nitrogens with two attached hydrogens (primary N) is 1. The Labute approximate surface area is 162 Å². The van der Waals surface area contributed by atoms with Gasteiger partial charge in [-0.15, -0.1) is 0 Å². The summed E-state index contributed by atoms with van der Waals surface area (Å²) in [6, 6.07) is 20.8. The first-order valence-corrected chi connectivity index (χ1v) is 8.62. The fraction of sp³-hybridized carbons (Fsp3) is 0.0909. The molecule has 0 atom stereocenters. The van der Waals surface area contributed by atoms with Crippen molar-refractivity contribution in [2.24, 2.45) is 5.73 Å². The summed E-state index contributed by atoms with van der Waals surface area (Å²) in [6.45, 7) is 0.0353. The van der Waals surface area contributed by atoms with Crippen LogP contribution in [0.3, 0.4) is 0 Å². The number of hydrogen-bond acceptors (Lipinski definition) is 4. The third kappa shape index (κ3) is 4.36. The lowest BCUT2D eigenvalue weighted by atomic mass is 10.0. The SMILES string of the molecule is COc1cccc(CN(O)C(=O)c2cccc(-c3ccc(C(N)=O)cc3)c2)c1. The van der Waals surface area contributed by atoms with E-state index in [1.807, 2.05) is 6.07 Å². The van der Waals surface area contributed by atoms with Crippen LogP contribution in [0.2, 0.25) is 0 Å². The summed E-state index contributed by atoms with van der Waals surface area (Å²) in [5.41, 5.74) is 8.38. The second-order valence-corrected chi connectivity index (χ2v) is 6.24. The van der Waals surface area contributed by atoms with Crippen molar-refractivity contribution in [2.75, 3.05) is 7.11 Å². The number of ether oxygens (including phenoxy) is 1. The lowest BCUT2D eigenvalue weighted by Gasteiger charge is -2.16. The van der Waals surface area contributed by atoms with Gasteiger partial charge < -0.3 is 10.5 Å². The van der Waals surface area contributed by atoms with Gasteiger partial charge in [-0.2, -0.15) is 0 Å². The molecule has 3 aromatic rings. The van der Waals surface area contributed by atoms with E-state index < -0.39 is 11.8 Å². The number of benzene rings is 3. The number of carbonyl (C=O) groups excluding carboxylic acids is 2. The van der Waals surface area contributed by atoms with Crippen LogP contribution in [0.15, 0.2) is 72.8 Å². The van der Waals surface area contributed by atoms with Crippen LogP contribution >= 0.6 is 0 Å². The molecule has 0 saturated carbocycles. The molecule has 0 aliphatic carbocycles. The minimum absolute atomic E-state index is 0.0353. The van der Waals surface area contributed by atoms with Gasteiger partial charge in [-0.3, -0.25) is 14.8 Å². The first-order valence-electron chi connectivity index (χ1n) is 8.62. The molecule has 0 saturated heterocycles. The molecule has 0 spiro atoms. The van der Waals surface area contributed by atoms with Gasteiger partial charge in [-0.1, -0.05) is 36.4 Å². The Morgan fingerprint density at radius 2 is 1.64 bits per heavy atom. The zero-order valence-electron chi connectivity index (χ0n) is 15.3. The van der Waals surface area contributed by atoms with E-state index in [-0.39, 0.29) is 6.54 Å². The third-order valence-electron chi connectivity index (χ3n) is 4.31. The molecule has 2 amide bonds. The van der Waals surface area contributed by atoms with Gasteiger partial charge >= 0.3 is 0 Å². The zero-order chi connectivity index (χ0) is 20.1. The Hall–Kier alpha value is -3.64. The topological polar surface area (TPSA) is 92.9 Å². The number of primary amides is 1. The smallest absolute Gasteiger partial charge is 0.277 e. The van der Waals surface area contributed by atoms with Crippen LogP contribution in [0.4, 0.5) is 0 Å². The number of hydrogen-bond donors (Lipinski definition) is 2. The van der Waals surface area contributed by atoms with Crippen molar-refractivity contribution in [1.82, 2.24) is 5.06 Å². The Balaban J connectivity index is 1.78. The van der Waals surface area contributed by atoms with E-state index in [1.165, 1.54) is 0 Å². The average molecular weight is 376 g/mol. The third-order valence-corrected chi connectivity index (χ3v) is 4.31. The lowest BCUT2D eigenvalue weighted by molar-refractivity contribution is -0.0648. The molecule has 6 nitrogen and oxygen atoms in total. The second-order valence-electron chi connectivity index (χ2n) is 6.24. The van der Waals surface area contributed by atoms with Gasteiger partial charge in [0.15, 0.2) is 0 Å². The standard InChI is InChI=1S/C22H20N2O4/c1-28-20-7-2-4-15(12-20)14-24(27)22(26)19-6-3-5-18(13-19)16-8-10-17(11-9-16)21(23)25/h2-13,27H,14H2,1H3,(H2,23,25). The summed E-state index contributed by atoms with van der Waals surface area (Å²) in [5.74, 6) is -0.359. The molecule has 3 rings (SSSR count). The number of nitrogens with zero attached hydrogens (tertiary/aromatic N) is 1. The van der Waals surface area contributed by atoms with E-state index in [2.05, 4.69) is 0 Å². The first-order chi connectivity index (χ1) is 13.5. The quantitative estimate of drug-likeness (QED) is 0.509. The average Bonchev–Trinajstić information content (AvgIpc) is 2.73. The fourth-order valence-electron chi connectivity index (χ4n) is 2.82. The number of amides is 2. The molecule has 0 aromatic heterocycles. The highest BCUT2D eigenvalue weighted by atomic mass is 16.5. The molecule has 3 N–H and O–H groups in total. The molecule has 0 aliphatic heterocycles. The van der Waals surface area contributed by atoms with Crippen molar-refractivity contribution >= 4 is 11.8 Å². The summed E-state index contributed by atoms with van der Waals surface area (Å²) >= 11 is 0. The van der Waals surface area contributed by atoms with Crippen LogP contribution in [0.1, 0.15) is 26.3 Å². The minimum atomic E-state index is -0.515. The Morgan fingerprint density at radius 1 is 0.929 bits per heavy atom. The number of carbonyl (C=O) groups is 2. The molecule has 0 bridgehead atoms. The highest BCUT2D eigenvalue weighted by Crippen LogP contribution is 2.22. The minimum Gasteiger partial charge on any atom is -0.497 e. The van der Waals surface area contributed by atoms with E-state index >= 15 is 0 Å². The molecular weight excluding hydrogens is 356 g/mol. The van der Waals surface area contributed by atoms with Crippen LogP contribution in [-0.4, -0.2) is 29.2 Å². The molecule has 0 heterocycles. The molecule has 3 aromatic carbocycles. The number of rotatable bonds is 6. The van der Waals surface area contributed by atoms with E-state index in [9.17, 15) is 14.8 Å². The van der Waals surface area contributed by atoms with E-state index in [0.29, 0.717) is 21.9 Å². The van der Waals surface area contributed by atoms with Gasteiger partial charge in [0.2, 0.25) is 5.91 Å². The van der Waals surface area contributed by atoms with Gasteiger partial charge in [0.05, 0.1) is 13.7 Å². The Bertz CT molecular complexity index is 999. The predicted octanol–water partition coefficient (Wildman–Crippen LogP) is 3.49. The molecule has 0 unspecified atom stereocenters. The summed E-state index contributed by atoms with van der Waals surface area (Å²) in [7, 11) is 1.56. The van der Waals surface area contributed by atoms with Crippen LogP contribution in [-0.2, 0) is 6.54 Å². The molecule has 0 radical (unpaired) electrons. The number of hydroxylamine groups is 2. The number of methoxy groups -OCH3 is 1. The van der Waals surface area contributed by atoms with Crippen LogP contribution < -0.4 is 10.5 Å². The molecule has 0 fully saturated rings. The van der Waals surface area contributed by atoms with E-state index in [1.54, 1.807) is 73.8 Å². The summed E-state index contributed by atoms with van der Waals surface area (Å²) in [5, 5.41) is 10.9. The Morgan fingerprint density at radius 3 is 2.32 bits per heavy atom. The van der Waals surface area contributed by atoms with E-state index in [0.717, 1.165) is 16.7 Å². The molecule has 28 heavy (non-hydrogen) atoms.